The molecular weight excluding hydrogens is 374 g/mol. The van der Waals surface area contributed by atoms with Gasteiger partial charge in [0.2, 0.25) is 10.1 Å². The van der Waals surface area contributed by atoms with Crippen molar-refractivity contribution < 1.29 is 4.79 Å². The fourth-order valence-corrected chi connectivity index (χ4v) is 4.37. The normalized spacial score (nSPS) is 14.8. The van der Waals surface area contributed by atoms with E-state index in [4.69, 9.17) is 0 Å². The standard InChI is InChI=1S/C20H23N5O2S/c26-17-14-16(18(27)21-11-10-15-8-4-3-5-9-15)25-19(22-17)28-20(23-25)24-12-6-1-2-7-13-24/h3-5,8-9,14H,1-2,6-7,10-13H2,(H,21,27). The molecular formula is C20H23N5O2S. The summed E-state index contributed by atoms with van der Waals surface area (Å²) in [6, 6.07) is 11.2. The highest BCUT2D eigenvalue weighted by atomic mass is 32.1. The Morgan fingerprint density at radius 2 is 1.86 bits per heavy atom. The van der Waals surface area contributed by atoms with Crippen molar-refractivity contribution in [2.24, 2.45) is 0 Å². The van der Waals surface area contributed by atoms with Gasteiger partial charge in [0, 0.05) is 25.7 Å². The Kier molecular flexibility index (Phi) is 5.66. The van der Waals surface area contributed by atoms with Crippen LogP contribution < -0.4 is 15.8 Å². The van der Waals surface area contributed by atoms with Crippen molar-refractivity contribution in [1.82, 2.24) is 19.9 Å². The third kappa shape index (κ3) is 4.22. The topological polar surface area (TPSA) is 79.6 Å². The van der Waals surface area contributed by atoms with Crippen LogP contribution in [0.1, 0.15) is 41.7 Å². The van der Waals surface area contributed by atoms with E-state index in [0.717, 1.165) is 43.0 Å². The molecule has 7 nitrogen and oxygen atoms in total. The van der Waals surface area contributed by atoms with Gasteiger partial charge in [-0.25, -0.2) is 0 Å². The van der Waals surface area contributed by atoms with E-state index in [1.807, 2.05) is 30.3 Å². The van der Waals surface area contributed by atoms with Crippen molar-refractivity contribution in [2.45, 2.75) is 32.1 Å². The number of anilines is 1. The lowest BCUT2D eigenvalue weighted by Gasteiger charge is -2.17. The van der Waals surface area contributed by atoms with Crippen LogP contribution in [0.25, 0.3) is 4.96 Å². The van der Waals surface area contributed by atoms with E-state index >= 15 is 0 Å². The molecule has 0 unspecified atom stereocenters. The lowest BCUT2D eigenvalue weighted by Crippen LogP contribution is -2.29. The van der Waals surface area contributed by atoms with Gasteiger partial charge in [0.25, 0.3) is 11.5 Å². The highest BCUT2D eigenvalue weighted by Crippen LogP contribution is 2.25. The summed E-state index contributed by atoms with van der Waals surface area (Å²) in [5.74, 6) is -0.307. The first kappa shape index (κ1) is 18.6. The van der Waals surface area contributed by atoms with E-state index in [-0.39, 0.29) is 11.6 Å². The average Bonchev–Trinajstić information content (AvgIpc) is 2.94. The van der Waals surface area contributed by atoms with Crippen LogP contribution in [0.3, 0.4) is 0 Å². The molecule has 3 aromatic rings. The van der Waals surface area contributed by atoms with Gasteiger partial charge in [0.1, 0.15) is 5.69 Å². The molecule has 0 atom stereocenters. The van der Waals surface area contributed by atoms with Gasteiger partial charge in [-0.1, -0.05) is 54.5 Å². The zero-order chi connectivity index (χ0) is 19.3. The number of nitrogens with one attached hydrogen (secondary N) is 1. The van der Waals surface area contributed by atoms with Gasteiger partial charge in [-0.15, -0.1) is 5.10 Å². The number of aromatic nitrogens is 3. The maximum atomic E-state index is 12.7. The lowest BCUT2D eigenvalue weighted by molar-refractivity contribution is 0.0946. The van der Waals surface area contributed by atoms with E-state index in [0.29, 0.717) is 11.5 Å². The summed E-state index contributed by atoms with van der Waals surface area (Å²) in [5, 5.41) is 8.31. The van der Waals surface area contributed by atoms with Gasteiger partial charge in [-0.3, -0.25) is 9.59 Å². The maximum Gasteiger partial charge on any atom is 0.274 e. The van der Waals surface area contributed by atoms with E-state index in [1.54, 1.807) is 0 Å². The Labute approximate surface area is 167 Å². The largest absolute Gasteiger partial charge is 0.350 e. The highest BCUT2D eigenvalue weighted by molar-refractivity contribution is 7.20. The van der Waals surface area contributed by atoms with Crippen LogP contribution in [0.15, 0.2) is 41.2 Å². The van der Waals surface area contributed by atoms with Gasteiger partial charge >= 0.3 is 0 Å². The fraction of sp³-hybridized carbons (Fsp3) is 0.400. The first-order chi connectivity index (χ1) is 13.7. The SMILES string of the molecule is O=C(NCCc1ccccc1)c1cc(=O)nc2sc(N3CCCCCC3)nn12. The molecule has 146 valence electrons. The molecule has 1 amide bonds. The minimum atomic E-state index is -0.417. The van der Waals surface area contributed by atoms with Crippen molar-refractivity contribution in [1.29, 1.82) is 0 Å². The van der Waals surface area contributed by atoms with Gasteiger partial charge in [0.05, 0.1) is 0 Å². The molecule has 0 aliphatic carbocycles. The third-order valence-electron chi connectivity index (χ3n) is 4.89. The van der Waals surface area contributed by atoms with Gasteiger partial charge in [-0.2, -0.15) is 9.50 Å². The highest BCUT2D eigenvalue weighted by Gasteiger charge is 2.19. The van der Waals surface area contributed by atoms with Crippen molar-refractivity contribution in [3.05, 3.63) is 58.0 Å². The summed E-state index contributed by atoms with van der Waals surface area (Å²) in [7, 11) is 0. The molecule has 2 aromatic heterocycles. The molecule has 4 rings (SSSR count). The number of hydrogen-bond acceptors (Lipinski definition) is 6. The molecule has 1 aliphatic rings. The van der Waals surface area contributed by atoms with Gasteiger partial charge in [0.15, 0.2) is 0 Å². The molecule has 1 N–H and O–H groups in total. The Bertz CT molecular complexity index is 1010. The summed E-state index contributed by atoms with van der Waals surface area (Å²) in [6.45, 7) is 2.39. The van der Waals surface area contributed by atoms with E-state index in [2.05, 4.69) is 20.3 Å². The van der Waals surface area contributed by atoms with Gasteiger partial charge < -0.3 is 10.2 Å². The van der Waals surface area contributed by atoms with Crippen LogP contribution in [0.2, 0.25) is 0 Å². The average molecular weight is 398 g/mol. The molecule has 0 bridgehead atoms. The minimum Gasteiger partial charge on any atom is -0.350 e. The van der Waals surface area contributed by atoms with Crippen LogP contribution in [0.4, 0.5) is 5.13 Å². The van der Waals surface area contributed by atoms with Crippen molar-refractivity contribution in [3.63, 3.8) is 0 Å². The summed E-state index contributed by atoms with van der Waals surface area (Å²) in [6.07, 6.45) is 5.45. The van der Waals surface area contributed by atoms with Crippen molar-refractivity contribution in [2.75, 3.05) is 24.5 Å². The molecule has 0 radical (unpaired) electrons. The van der Waals surface area contributed by atoms with Crippen LogP contribution in [-0.2, 0) is 6.42 Å². The second-order valence-electron chi connectivity index (χ2n) is 6.95. The van der Waals surface area contributed by atoms with Gasteiger partial charge in [-0.05, 0) is 24.8 Å². The Hall–Kier alpha value is -2.74. The zero-order valence-electron chi connectivity index (χ0n) is 15.6. The molecule has 1 aliphatic heterocycles. The number of rotatable bonds is 5. The number of hydrogen-bond donors (Lipinski definition) is 1. The Morgan fingerprint density at radius 1 is 1.11 bits per heavy atom. The maximum absolute atomic E-state index is 12.7. The predicted octanol–water partition coefficient (Wildman–Crippen LogP) is 2.50. The number of carbonyl (C=O) groups is 1. The number of benzene rings is 1. The number of nitrogens with zero attached hydrogens (tertiary/aromatic N) is 4. The second kappa shape index (κ2) is 8.52. The van der Waals surface area contributed by atoms with E-state index in [1.165, 1.54) is 34.8 Å². The molecule has 1 saturated heterocycles. The molecule has 8 heteroatoms. The van der Waals surface area contributed by atoms with E-state index in [9.17, 15) is 9.59 Å². The summed E-state index contributed by atoms with van der Waals surface area (Å²) < 4.78 is 1.50. The Balaban J connectivity index is 1.53. The van der Waals surface area contributed by atoms with E-state index < -0.39 is 5.56 Å². The van der Waals surface area contributed by atoms with Crippen molar-refractivity contribution >= 4 is 27.3 Å². The van der Waals surface area contributed by atoms with Crippen LogP contribution in [0.5, 0.6) is 0 Å². The quantitative estimate of drug-likeness (QED) is 0.716. The number of carbonyl (C=O) groups excluding carboxylic acids is 1. The lowest BCUT2D eigenvalue weighted by atomic mass is 10.1. The first-order valence-electron chi connectivity index (χ1n) is 9.69. The van der Waals surface area contributed by atoms with Crippen molar-refractivity contribution in [3.8, 4) is 0 Å². The summed E-state index contributed by atoms with van der Waals surface area (Å²) >= 11 is 1.37. The van der Waals surface area contributed by atoms with Crippen LogP contribution in [-0.4, -0.2) is 40.1 Å². The summed E-state index contributed by atoms with van der Waals surface area (Å²) in [4.78, 5) is 31.4. The van der Waals surface area contributed by atoms with Crippen LogP contribution >= 0.6 is 11.3 Å². The monoisotopic (exact) mass is 397 g/mol. The molecule has 1 fully saturated rings. The minimum absolute atomic E-state index is 0.236. The Morgan fingerprint density at radius 3 is 2.61 bits per heavy atom. The molecule has 3 heterocycles. The first-order valence-corrected chi connectivity index (χ1v) is 10.5. The molecule has 0 spiro atoms. The predicted molar refractivity (Wildman–Crippen MR) is 110 cm³/mol. The number of amides is 1. The molecule has 1 aromatic carbocycles. The molecule has 0 saturated carbocycles. The van der Waals surface area contributed by atoms with Crippen LogP contribution in [0, 0.1) is 0 Å². The second-order valence-corrected chi connectivity index (χ2v) is 7.89. The zero-order valence-corrected chi connectivity index (χ0v) is 16.5. The molecule has 28 heavy (non-hydrogen) atoms. The smallest absolute Gasteiger partial charge is 0.274 e. The fourth-order valence-electron chi connectivity index (χ4n) is 3.41. The third-order valence-corrected chi connectivity index (χ3v) is 5.86. The number of fused-ring (bicyclic) bond motifs is 1. The summed E-state index contributed by atoms with van der Waals surface area (Å²) in [5.41, 5.74) is 0.969.